The lowest BCUT2D eigenvalue weighted by Gasteiger charge is -2.31. The van der Waals surface area contributed by atoms with Crippen molar-refractivity contribution in [1.29, 1.82) is 0 Å². The zero-order valence-corrected chi connectivity index (χ0v) is 16.1. The van der Waals surface area contributed by atoms with E-state index < -0.39 is 21.7 Å². The summed E-state index contributed by atoms with van der Waals surface area (Å²) in [5.41, 5.74) is 0.559. The molecule has 0 unspecified atom stereocenters. The topological polar surface area (TPSA) is 58.6 Å². The van der Waals surface area contributed by atoms with Gasteiger partial charge in [0, 0.05) is 13.1 Å². The maximum absolute atomic E-state index is 14.5. The number of nitrogens with zero attached hydrogens (tertiary/aromatic N) is 1. The highest BCUT2D eigenvalue weighted by molar-refractivity contribution is 7.89. The van der Waals surface area contributed by atoms with Crippen molar-refractivity contribution >= 4 is 10.0 Å². The van der Waals surface area contributed by atoms with Crippen molar-refractivity contribution in [3.05, 3.63) is 42.0 Å². The Bertz CT molecular complexity index is 748. The lowest BCUT2D eigenvalue weighted by Crippen LogP contribution is -2.38. The molecule has 2 aliphatic heterocycles. The molecule has 1 aromatic rings. The molecule has 150 valence electrons. The van der Waals surface area contributed by atoms with Crippen molar-refractivity contribution in [3.8, 4) is 5.75 Å². The van der Waals surface area contributed by atoms with Crippen molar-refractivity contribution in [3.63, 3.8) is 0 Å². The average Bonchev–Trinajstić information content (AvgIpc) is 2.65. The van der Waals surface area contributed by atoms with Gasteiger partial charge in [0.25, 0.3) is 0 Å². The first-order valence-corrected chi connectivity index (χ1v) is 11.0. The summed E-state index contributed by atoms with van der Waals surface area (Å²) in [7, 11) is -3.34. The zero-order chi connectivity index (χ0) is 19.4. The van der Waals surface area contributed by atoms with Crippen molar-refractivity contribution in [2.24, 2.45) is 0 Å². The Morgan fingerprint density at radius 3 is 2.30 bits per heavy atom. The molecule has 0 radical (unpaired) electrons. The molecule has 1 aromatic carbocycles. The van der Waals surface area contributed by atoms with Crippen LogP contribution in [0.1, 0.15) is 37.2 Å². The largest absolute Gasteiger partial charge is 0.484 e. The monoisotopic (exact) mass is 400 g/mol. The minimum atomic E-state index is -3.34. The summed E-state index contributed by atoms with van der Waals surface area (Å²) in [6.07, 6.45) is 3.69. The molecule has 1 N–H and O–H groups in total. The number of ether oxygens (including phenoxy) is 1. The second kappa shape index (κ2) is 8.67. The molecule has 2 fully saturated rings. The van der Waals surface area contributed by atoms with Crippen LogP contribution in [0.3, 0.4) is 0 Å². The molecule has 0 spiro atoms. The molecule has 8 heteroatoms. The van der Waals surface area contributed by atoms with Gasteiger partial charge in [-0.05, 0) is 62.4 Å². The number of piperidine rings is 2. The Balaban J connectivity index is 1.67. The van der Waals surface area contributed by atoms with E-state index in [0.717, 1.165) is 25.9 Å². The van der Waals surface area contributed by atoms with E-state index in [1.165, 1.54) is 22.5 Å². The molecule has 2 heterocycles. The summed E-state index contributed by atoms with van der Waals surface area (Å²) in [5.74, 6) is -1.85. The highest BCUT2D eigenvalue weighted by Gasteiger charge is 2.29. The smallest absolute Gasteiger partial charge is 0.217 e. The van der Waals surface area contributed by atoms with Gasteiger partial charge in [0.1, 0.15) is 6.10 Å². The molecule has 3 rings (SSSR count). The Hall–Kier alpha value is -1.51. The average molecular weight is 400 g/mol. The van der Waals surface area contributed by atoms with Crippen LogP contribution in [0.5, 0.6) is 5.75 Å². The van der Waals surface area contributed by atoms with Crippen LogP contribution in [-0.2, 0) is 10.0 Å². The van der Waals surface area contributed by atoms with Gasteiger partial charge in [0.15, 0.2) is 17.4 Å². The second-order valence-electron chi connectivity index (χ2n) is 7.12. The fourth-order valence-corrected chi connectivity index (χ4v) is 5.01. The van der Waals surface area contributed by atoms with Crippen LogP contribution in [0.2, 0.25) is 0 Å². The maximum atomic E-state index is 14.5. The molecular weight excluding hydrogens is 374 g/mol. The quantitative estimate of drug-likeness (QED) is 0.746. The minimum absolute atomic E-state index is 0.0721. The fourth-order valence-electron chi connectivity index (χ4n) is 3.73. The summed E-state index contributed by atoms with van der Waals surface area (Å²) in [4.78, 5) is 0. The van der Waals surface area contributed by atoms with Gasteiger partial charge < -0.3 is 10.1 Å². The van der Waals surface area contributed by atoms with E-state index >= 15 is 0 Å². The molecule has 0 saturated carbocycles. The van der Waals surface area contributed by atoms with E-state index in [1.807, 2.05) is 0 Å². The summed E-state index contributed by atoms with van der Waals surface area (Å²) >= 11 is 0. The molecule has 27 heavy (non-hydrogen) atoms. The molecular formula is C19H26F2N2O3S. The fraction of sp³-hybridized carbons (Fsp3) is 0.579. The lowest BCUT2D eigenvalue weighted by atomic mass is 9.90. The van der Waals surface area contributed by atoms with Gasteiger partial charge in [0.2, 0.25) is 10.0 Å². The van der Waals surface area contributed by atoms with Gasteiger partial charge in [-0.3, -0.25) is 0 Å². The van der Waals surface area contributed by atoms with Gasteiger partial charge in [-0.2, -0.15) is 0 Å². The summed E-state index contributed by atoms with van der Waals surface area (Å²) in [5, 5.41) is 3.18. The molecule has 2 saturated heterocycles. The predicted molar refractivity (Wildman–Crippen MR) is 100 cm³/mol. The van der Waals surface area contributed by atoms with E-state index in [2.05, 4.69) is 11.9 Å². The molecule has 0 aliphatic carbocycles. The standard InChI is InChI=1S/C19H26F2N2O3S/c1-2-11-27(24,25)23-9-5-14(6-10-23)15-12-17(20)19(18(21)13-15)26-16-3-7-22-8-4-16/h2,12-14,16,22H,1,3-11H2. The van der Waals surface area contributed by atoms with Crippen LogP contribution >= 0.6 is 0 Å². The Morgan fingerprint density at radius 2 is 1.74 bits per heavy atom. The van der Waals surface area contributed by atoms with Crippen molar-refractivity contribution in [2.45, 2.75) is 37.7 Å². The van der Waals surface area contributed by atoms with Crippen LogP contribution in [0, 0.1) is 11.6 Å². The first-order chi connectivity index (χ1) is 12.9. The van der Waals surface area contributed by atoms with Gasteiger partial charge in [-0.1, -0.05) is 6.08 Å². The van der Waals surface area contributed by atoms with Crippen LogP contribution in [0.15, 0.2) is 24.8 Å². The maximum Gasteiger partial charge on any atom is 0.217 e. The van der Waals surface area contributed by atoms with Crippen LogP contribution in [0.4, 0.5) is 8.78 Å². The third kappa shape index (κ3) is 4.86. The SMILES string of the molecule is C=CCS(=O)(=O)N1CCC(c2cc(F)c(OC3CCNCC3)c(F)c2)CC1. The van der Waals surface area contributed by atoms with Crippen LogP contribution in [-0.4, -0.2) is 50.8 Å². The summed E-state index contributed by atoms with van der Waals surface area (Å²) in [6, 6.07) is 2.66. The number of rotatable bonds is 6. The van der Waals surface area contributed by atoms with Gasteiger partial charge in [-0.25, -0.2) is 21.5 Å². The zero-order valence-electron chi connectivity index (χ0n) is 15.3. The first kappa shape index (κ1) is 20.2. The van der Waals surface area contributed by atoms with Crippen molar-refractivity contribution in [1.82, 2.24) is 9.62 Å². The molecule has 0 aromatic heterocycles. The number of hydrogen-bond donors (Lipinski definition) is 1. The molecule has 0 amide bonds. The normalized spacial score (nSPS) is 20.5. The number of nitrogens with one attached hydrogen (secondary N) is 1. The molecule has 0 atom stereocenters. The first-order valence-electron chi connectivity index (χ1n) is 9.35. The van der Waals surface area contributed by atoms with Crippen LogP contribution < -0.4 is 10.1 Å². The number of halogens is 2. The highest BCUT2D eigenvalue weighted by Crippen LogP contribution is 2.34. The van der Waals surface area contributed by atoms with Gasteiger partial charge >= 0.3 is 0 Å². The van der Waals surface area contributed by atoms with Crippen molar-refractivity contribution in [2.75, 3.05) is 31.9 Å². The van der Waals surface area contributed by atoms with Crippen molar-refractivity contribution < 1.29 is 21.9 Å². The number of benzene rings is 1. The van der Waals surface area contributed by atoms with Gasteiger partial charge in [-0.15, -0.1) is 6.58 Å². The summed E-state index contributed by atoms with van der Waals surface area (Å²) < 4.78 is 60.1. The van der Waals surface area contributed by atoms with E-state index in [9.17, 15) is 17.2 Å². The predicted octanol–water partition coefficient (Wildman–Crippen LogP) is 2.79. The van der Waals surface area contributed by atoms with E-state index in [1.54, 1.807) is 0 Å². The van der Waals surface area contributed by atoms with E-state index in [0.29, 0.717) is 31.5 Å². The summed E-state index contributed by atoms with van der Waals surface area (Å²) in [6.45, 7) is 5.71. The van der Waals surface area contributed by atoms with Crippen LogP contribution in [0.25, 0.3) is 0 Å². The third-order valence-electron chi connectivity index (χ3n) is 5.24. The van der Waals surface area contributed by atoms with E-state index in [4.69, 9.17) is 4.74 Å². The van der Waals surface area contributed by atoms with E-state index in [-0.39, 0.29) is 23.5 Å². The Kier molecular flexibility index (Phi) is 6.49. The second-order valence-corrected chi connectivity index (χ2v) is 9.13. The molecule has 2 aliphatic rings. The highest BCUT2D eigenvalue weighted by atomic mass is 32.2. The lowest BCUT2D eigenvalue weighted by molar-refractivity contribution is 0.148. The Labute approximate surface area is 159 Å². The number of hydrogen-bond acceptors (Lipinski definition) is 4. The van der Waals surface area contributed by atoms with Gasteiger partial charge in [0.05, 0.1) is 5.75 Å². The Morgan fingerprint density at radius 1 is 1.15 bits per heavy atom. The molecule has 5 nitrogen and oxygen atoms in total. The minimum Gasteiger partial charge on any atom is -0.484 e. The third-order valence-corrected chi connectivity index (χ3v) is 7.05. The molecule has 0 bridgehead atoms. The number of sulfonamides is 1.